The summed E-state index contributed by atoms with van der Waals surface area (Å²) in [7, 11) is 2.81. The Morgan fingerprint density at radius 1 is 0.967 bits per heavy atom. The molecule has 9 nitrogen and oxygen atoms in total. The van der Waals surface area contributed by atoms with Crippen LogP contribution in [0.2, 0.25) is 0 Å². The van der Waals surface area contributed by atoms with Crippen LogP contribution in [0.25, 0.3) is 0 Å². The van der Waals surface area contributed by atoms with Gasteiger partial charge in [-0.15, -0.1) is 0 Å². The van der Waals surface area contributed by atoms with Gasteiger partial charge in [0.15, 0.2) is 0 Å². The molecule has 0 aliphatic heterocycles. The number of amides is 4. The second-order valence-corrected chi connectivity index (χ2v) is 6.06. The Balaban J connectivity index is 1.96. The standard InChI is InChI=1S/C21H23N3O6/c1-22-21(28)24-20(27)18(14-8-4-3-5-9-14)30-17(25)12-13-23-19(26)15-10-6-7-11-16(15)29-2/h3-11,18H,12-13H2,1-2H3,(H,23,26)(H2,22,24,27,28)/t18-/m1/s1. The van der Waals surface area contributed by atoms with Crippen LogP contribution in [0.15, 0.2) is 54.6 Å². The largest absolute Gasteiger partial charge is 0.496 e. The van der Waals surface area contributed by atoms with E-state index in [1.165, 1.54) is 14.2 Å². The first kappa shape index (κ1) is 22.4. The molecule has 30 heavy (non-hydrogen) atoms. The number of nitrogens with one attached hydrogen (secondary N) is 3. The lowest BCUT2D eigenvalue weighted by Crippen LogP contribution is -2.41. The van der Waals surface area contributed by atoms with Crippen molar-refractivity contribution in [3.8, 4) is 5.75 Å². The van der Waals surface area contributed by atoms with Crippen LogP contribution in [-0.4, -0.2) is 44.5 Å². The molecule has 3 N–H and O–H groups in total. The van der Waals surface area contributed by atoms with E-state index in [0.29, 0.717) is 16.9 Å². The van der Waals surface area contributed by atoms with E-state index in [-0.39, 0.29) is 13.0 Å². The Hall–Kier alpha value is -3.88. The summed E-state index contributed by atoms with van der Waals surface area (Å²) in [6, 6.07) is 14.3. The lowest BCUT2D eigenvalue weighted by molar-refractivity contribution is -0.156. The molecule has 0 bridgehead atoms. The number of benzene rings is 2. The van der Waals surface area contributed by atoms with Gasteiger partial charge in [-0.1, -0.05) is 42.5 Å². The fourth-order valence-electron chi connectivity index (χ4n) is 2.54. The van der Waals surface area contributed by atoms with Gasteiger partial charge in [0.25, 0.3) is 11.8 Å². The Morgan fingerprint density at radius 3 is 2.30 bits per heavy atom. The topological polar surface area (TPSA) is 123 Å². The zero-order valence-electron chi connectivity index (χ0n) is 16.6. The number of carbonyl (C=O) groups is 4. The van der Waals surface area contributed by atoms with Gasteiger partial charge < -0.3 is 20.1 Å². The summed E-state index contributed by atoms with van der Waals surface area (Å²) in [5, 5.41) is 6.95. The van der Waals surface area contributed by atoms with Crippen molar-refractivity contribution in [2.45, 2.75) is 12.5 Å². The number of para-hydroxylation sites is 1. The second kappa shape index (κ2) is 11.2. The molecule has 0 radical (unpaired) electrons. The smallest absolute Gasteiger partial charge is 0.321 e. The Bertz CT molecular complexity index is 901. The van der Waals surface area contributed by atoms with Crippen molar-refractivity contribution in [2.75, 3.05) is 20.7 Å². The first-order valence-electron chi connectivity index (χ1n) is 9.14. The van der Waals surface area contributed by atoms with Crippen molar-refractivity contribution < 1.29 is 28.7 Å². The number of hydrogen-bond acceptors (Lipinski definition) is 6. The van der Waals surface area contributed by atoms with E-state index in [1.54, 1.807) is 54.6 Å². The summed E-state index contributed by atoms with van der Waals surface area (Å²) < 4.78 is 10.4. The van der Waals surface area contributed by atoms with Crippen LogP contribution in [0.1, 0.15) is 28.4 Å². The van der Waals surface area contributed by atoms with E-state index >= 15 is 0 Å². The molecule has 0 aromatic heterocycles. The number of methoxy groups -OCH3 is 1. The maximum atomic E-state index is 12.4. The third-order valence-corrected chi connectivity index (χ3v) is 4.02. The third kappa shape index (κ3) is 6.33. The van der Waals surface area contributed by atoms with Crippen LogP contribution >= 0.6 is 0 Å². The number of urea groups is 1. The Morgan fingerprint density at radius 2 is 1.63 bits per heavy atom. The van der Waals surface area contributed by atoms with Gasteiger partial charge in [-0.3, -0.25) is 19.7 Å². The van der Waals surface area contributed by atoms with E-state index in [0.717, 1.165) is 0 Å². The van der Waals surface area contributed by atoms with E-state index in [9.17, 15) is 19.2 Å². The van der Waals surface area contributed by atoms with Gasteiger partial charge in [0, 0.05) is 19.2 Å². The maximum absolute atomic E-state index is 12.4. The molecule has 9 heteroatoms. The van der Waals surface area contributed by atoms with E-state index in [2.05, 4.69) is 16.0 Å². The molecule has 2 aromatic carbocycles. The van der Waals surface area contributed by atoms with Gasteiger partial charge in [-0.2, -0.15) is 0 Å². The zero-order chi connectivity index (χ0) is 21.9. The molecular weight excluding hydrogens is 390 g/mol. The quantitative estimate of drug-likeness (QED) is 0.565. The average Bonchev–Trinajstić information content (AvgIpc) is 2.77. The van der Waals surface area contributed by atoms with Crippen LogP contribution in [0, 0.1) is 0 Å². The molecule has 2 rings (SSSR count). The highest BCUT2D eigenvalue weighted by Gasteiger charge is 2.26. The summed E-state index contributed by atoms with van der Waals surface area (Å²) in [5.74, 6) is -1.49. The number of carbonyl (C=O) groups excluding carboxylic acids is 4. The number of hydrogen-bond donors (Lipinski definition) is 3. The predicted octanol–water partition coefficient (Wildman–Crippen LogP) is 1.56. The van der Waals surface area contributed by atoms with Crippen molar-refractivity contribution in [3.05, 3.63) is 65.7 Å². The minimum absolute atomic E-state index is 0.00566. The van der Waals surface area contributed by atoms with Crippen LogP contribution < -0.4 is 20.7 Å². The zero-order valence-corrected chi connectivity index (χ0v) is 16.6. The van der Waals surface area contributed by atoms with Crippen molar-refractivity contribution >= 4 is 23.8 Å². The lowest BCUT2D eigenvalue weighted by Gasteiger charge is -2.17. The van der Waals surface area contributed by atoms with Gasteiger partial charge in [0.1, 0.15) is 5.75 Å². The van der Waals surface area contributed by atoms with Crippen molar-refractivity contribution in [1.82, 2.24) is 16.0 Å². The summed E-state index contributed by atoms with van der Waals surface area (Å²) in [5.41, 5.74) is 0.741. The first-order valence-corrected chi connectivity index (χ1v) is 9.14. The van der Waals surface area contributed by atoms with E-state index in [1.807, 2.05) is 0 Å². The van der Waals surface area contributed by atoms with E-state index in [4.69, 9.17) is 9.47 Å². The monoisotopic (exact) mass is 413 g/mol. The van der Waals surface area contributed by atoms with Crippen molar-refractivity contribution in [2.24, 2.45) is 0 Å². The number of rotatable bonds is 8. The third-order valence-electron chi connectivity index (χ3n) is 4.02. The fourth-order valence-corrected chi connectivity index (χ4v) is 2.54. The minimum Gasteiger partial charge on any atom is -0.496 e. The molecular formula is C21H23N3O6. The molecule has 0 aliphatic carbocycles. The van der Waals surface area contributed by atoms with Gasteiger partial charge in [0.2, 0.25) is 6.10 Å². The predicted molar refractivity (Wildman–Crippen MR) is 108 cm³/mol. The molecule has 158 valence electrons. The van der Waals surface area contributed by atoms with Gasteiger partial charge in [-0.25, -0.2) is 4.79 Å². The second-order valence-electron chi connectivity index (χ2n) is 6.06. The molecule has 0 unspecified atom stereocenters. The Kier molecular flexibility index (Phi) is 8.37. The van der Waals surface area contributed by atoms with Gasteiger partial charge in [-0.05, 0) is 12.1 Å². The van der Waals surface area contributed by atoms with Crippen molar-refractivity contribution in [1.29, 1.82) is 0 Å². The number of imide groups is 1. The molecule has 0 saturated heterocycles. The highest BCUT2D eigenvalue weighted by atomic mass is 16.5. The lowest BCUT2D eigenvalue weighted by atomic mass is 10.1. The Labute approximate surface area is 173 Å². The summed E-state index contributed by atoms with van der Waals surface area (Å²) in [4.78, 5) is 48.3. The fraction of sp³-hybridized carbons (Fsp3) is 0.238. The highest BCUT2D eigenvalue weighted by molar-refractivity contribution is 5.98. The molecule has 0 fully saturated rings. The number of ether oxygens (including phenoxy) is 2. The molecule has 4 amide bonds. The number of esters is 1. The van der Waals surface area contributed by atoms with Crippen LogP contribution in [0.3, 0.4) is 0 Å². The maximum Gasteiger partial charge on any atom is 0.321 e. The van der Waals surface area contributed by atoms with Crippen LogP contribution in [0.4, 0.5) is 4.79 Å². The molecule has 1 atom stereocenters. The average molecular weight is 413 g/mol. The first-order chi connectivity index (χ1) is 14.5. The highest BCUT2D eigenvalue weighted by Crippen LogP contribution is 2.19. The minimum atomic E-state index is -1.30. The normalized spacial score (nSPS) is 11.0. The van der Waals surface area contributed by atoms with Crippen molar-refractivity contribution in [3.63, 3.8) is 0 Å². The van der Waals surface area contributed by atoms with Crippen LogP contribution in [-0.2, 0) is 14.3 Å². The van der Waals surface area contributed by atoms with E-state index < -0.39 is 29.9 Å². The van der Waals surface area contributed by atoms with Crippen LogP contribution in [0.5, 0.6) is 5.75 Å². The van der Waals surface area contributed by atoms with Gasteiger partial charge >= 0.3 is 12.0 Å². The molecule has 0 aliphatic rings. The van der Waals surface area contributed by atoms with Gasteiger partial charge in [0.05, 0.1) is 19.1 Å². The molecule has 0 spiro atoms. The summed E-state index contributed by atoms with van der Waals surface area (Å²) in [6.07, 6.45) is -1.47. The molecule has 0 saturated carbocycles. The summed E-state index contributed by atoms with van der Waals surface area (Å²) >= 11 is 0. The summed E-state index contributed by atoms with van der Waals surface area (Å²) in [6.45, 7) is -0.00566. The molecule has 0 heterocycles. The SMILES string of the molecule is CNC(=O)NC(=O)[C@H](OC(=O)CCNC(=O)c1ccccc1OC)c1ccccc1. The molecule has 2 aromatic rings.